The Kier molecular flexibility index (Phi) is 8.64. The summed E-state index contributed by atoms with van der Waals surface area (Å²) in [4.78, 5) is 38.4. The summed E-state index contributed by atoms with van der Waals surface area (Å²) in [5.41, 5.74) is 2.92. The topological polar surface area (TPSA) is 93.7 Å². The molecule has 8 nitrogen and oxygen atoms in total. The number of amides is 2. The van der Waals surface area contributed by atoms with Gasteiger partial charge in [-0.3, -0.25) is 9.59 Å². The molecule has 2 amide bonds. The number of aryl methyl sites for hydroxylation is 2. The van der Waals surface area contributed by atoms with Gasteiger partial charge in [0.25, 0.3) is 0 Å². The van der Waals surface area contributed by atoms with Crippen LogP contribution >= 0.6 is 11.8 Å². The van der Waals surface area contributed by atoms with E-state index in [-0.39, 0.29) is 42.6 Å². The standard InChI is InChI=1S/C30H31FN4O4S/c1-19-14-20(2)33-30(32-19)40-17-27(36)35(16-21-8-10-23(31)11-9-21)28(22-6-4-3-5-7-22)29(37)34-24-12-13-25-26(15-24)39-18-38-25/h3-4,8-15,22,28H,5-7,16-18H2,1-2H3,(H,34,37)/t22-,28-/m1/s1. The van der Waals surface area contributed by atoms with Crippen molar-refractivity contribution in [3.05, 3.63) is 83.5 Å². The highest BCUT2D eigenvalue weighted by Crippen LogP contribution is 2.35. The van der Waals surface area contributed by atoms with Gasteiger partial charge in [-0.25, -0.2) is 14.4 Å². The van der Waals surface area contributed by atoms with Crippen molar-refractivity contribution in [2.24, 2.45) is 5.92 Å². The van der Waals surface area contributed by atoms with Gasteiger partial charge in [0.15, 0.2) is 16.7 Å². The van der Waals surface area contributed by atoms with Crippen molar-refractivity contribution < 1.29 is 23.5 Å². The molecule has 40 heavy (non-hydrogen) atoms. The summed E-state index contributed by atoms with van der Waals surface area (Å²) >= 11 is 1.24. The van der Waals surface area contributed by atoms with Gasteiger partial charge in [0.05, 0.1) is 5.75 Å². The number of allylic oxidation sites excluding steroid dienone is 2. The fourth-order valence-electron chi connectivity index (χ4n) is 5.00. The van der Waals surface area contributed by atoms with Crippen molar-refractivity contribution in [1.29, 1.82) is 0 Å². The Hall–Kier alpha value is -3.92. The van der Waals surface area contributed by atoms with Crippen LogP contribution in [0.2, 0.25) is 0 Å². The predicted molar refractivity (Wildman–Crippen MR) is 151 cm³/mol. The summed E-state index contributed by atoms with van der Waals surface area (Å²) in [6, 6.07) is 12.3. The van der Waals surface area contributed by atoms with Crippen LogP contribution in [0.3, 0.4) is 0 Å². The smallest absolute Gasteiger partial charge is 0.247 e. The molecule has 2 atom stereocenters. The first-order valence-electron chi connectivity index (χ1n) is 13.2. The molecule has 3 aromatic rings. The Balaban J connectivity index is 1.44. The largest absolute Gasteiger partial charge is 0.454 e. The van der Waals surface area contributed by atoms with E-state index in [1.165, 1.54) is 23.9 Å². The van der Waals surface area contributed by atoms with Crippen LogP contribution in [0.4, 0.5) is 10.1 Å². The fourth-order valence-corrected chi connectivity index (χ4v) is 5.84. The van der Waals surface area contributed by atoms with Gasteiger partial charge in [0, 0.05) is 29.7 Å². The van der Waals surface area contributed by atoms with Crippen LogP contribution in [0, 0.1) is 25.6 Å². The highest BCUT2D eigenvalue weighted by Gasteiger charge is 2.37. The number of nitrogens with zero attached hydrogens (tertiary/aromatic N) is 3. The molecule has 2 heterocycles. The predicted octanol–water partition coefficient (Wildman–Crippen LogP) is 5.45. The quantitative estimate of drug-likeness (QED) is 0.211. The second kappa shape index (κ2) is 12.5. The molecule has 0 saturated heterocycles. The maximum atomic E-state index is 14.0. The van der Waals surface area contributed by atoms with E-state index >= 15 is 0 Å². The van der Waals surface area contributed by atoms with Gasteiger partial charge < -0.3 is 19.7 Å². The van der Waals surface area contributed by atoms with Crippen molar-refractivity contribution in [3.8, 4) is 11.5 Å². The zero-order valence-corrected chi connectivity index (χ0v) is 23.2. The Bertz CT molecular complexity index is 1400. The molecule has 10 heteroatoms. The van der Waals surface area contributed by atoms with E-state index in [9.17, 15) is 14.0 Å². The summed E-state index contributed by atoms with van der Waals surface area (Å²) in [5, 5.41) is 3.51. The number of halogens is 1. The minimum Gasteiger partial charge on any atom is -0.454 e. The number of nitrogens with one attached hydrogen (secondary N) is 1. The SMILES string of the molecule is Cc1cc(C)nc(SCC(=O)N(Cc2ccc(F)cc2)[C@@H](C(=O)Nc2ccc3c(c2)OCO3)[C@@H]2CC=CCC2)n1. The Labute approximate surface area is 237 Å². The van der Waals surface area contributed by atoms with Gasteiger partial charge in [-0.15, -0.1) is 0 Å². The third kappa shape index (κ3) is 6.80. The zero-order valence-electron chi connectivity index (χ0n) is 22.4. The molecule has 0 spiro atoms. The minimum absolute atomic E-state index is 0.0560. The number of ether oxygens (including phenoxy) is 2. The van der Waals surface area contributed by atoms with E-state index in [0.29, 0.717) is 28.8 Å². The Morgan fingerprint density at radius 1 is 1.05 bits per heavy atom. The van der Waals surface area contributed by atoms with Gasteiger partial charge >= 0.3 is 0 Å². The lowest BCUT2D eigenvalue weighted by atomic mass is 9.86. The van der Waals surface area contributed by atoms with Crippen molar-refractivity contribution >= 4 is 29.3 Å². The van der Waals surface area contributed by atoms with E-state index in [1.54, 1.807) is 35.2 Å². The molecule has 1 aliphatic heterocycles. The maximum absolute atomic E-state index is 14.0. The maximum Gasteiger partial charge on any atom is 0.247 e. The van der Waals surface area contributed by atoms with Gasteiger partial charge in [0.2, 0.25) is 18.6 Å². The molecule has 0 radical (unpaired) electrons. The highest BCUT2D eigenvalue weighted by molar-refractivity contribution is 7.99. The van der Waals surface area contributed by atoms with E-state index < -0.39 is 6.04 Å². The van der Waals surface area contributed by atoms with Crippen LogP contribution in [0.1, 0.15) is 36.2 Å². The van der Waals surface area contributed by atoms with Crippen LogP contribution in [-0.2, 0) is 16.1 Å². The highest BCUT2D eigenvalue weighted by atomic mass is 32.2. The summed E-state index contributed by atoms with van der Waals surface area (Å²) < 4.78 is 24.5. The second-order valence-corrected chi connectivity index (χ2v) is 10.9. The Morgan fingerprint density at radius 2 is 1.80 bits per heavy atom. The Morgan fingerprint density at radius 3 is 2.52 bits per heavy atom. The molecule has 1 aliphatic carbocycles. The summed E-state index contributed by atoms with van der Waals surface area (Å²) in [6.07, 6.45) is 6.41. The molecule has 1 N–H and O–H groups in total. The second-order valence-electron chi connectivity index (χ2n) is 9.92. The number of hydrogen-bond acceptors (Lipinski definition) is 7. The fraction of sp³-hybridized carbons (Fsp3) is 0.333. The molecule has 5 rings (SSSR count). The van der Waals surface area contributed by atoms with Crippen molar-refractivity contribution in [3.63, 3.8) is 0 Å². The number of benzene rings is 2. The average Bonchev–Trinajstić information content (AvgIpc) is 3.41. The van der Waals surface area contributed by atoms with Crippen LogP contribution in [0.25, 0.3) is 0 Å². The van der Waals surface area contributed by atoms with E-state index in [1.807, 2.05) is 19.9 Å². The molecule has 0 fully saturated rings. The normalized spacial score (nSPS) is 16.4. The van der Waals surface area contributed by atoms with Crippen molar-refractivity contribution in [2.45, 2.75) is 50.9 Å². The number of fused-ring (bicyclic) bond motifs is 1. The summed E-state index contributed by atoms with van der Waals surface area (Å²) in [6.45, 7) is 4.06. The number of aromatic nitrogens is 2. The number of thioether (sulfide) groups is 1. The van der Waals surface area contributed by atoms with Gasteiger partial charge in [0.1, 0.15) is 11.9 Å². The van der Waals surface area contributed by atoms with E-state index in [0.717, 1.165) is 29.8 Å². The summed E-state index contributed by atoms with van der Waals surface area (Å²) in [7, 11) is 0. The van der Waals surface area contributed by atoms with Gasteiger partial charge in [-0.1, -0.05) is 36.0 Å². The summed E-state index contributed by atoms with van der Waals surface area (Å²) in [5.74, 6) is 0.259. The first-order chi connectivity index (χ1) is 19.4. The molecular weight excluding hydrogens is 531 g/mol. The van der Waals surface area contributed by atoms with Crippen LogP contribution in [-0.4, -0.2) is 45.3 Å². The first kappa shape index (κ1) is 27.6. The lowest BCUT2D eigenvalue weighted by Crippen LogP contribution is -2.51. The van der Waals surface area contributed by atoms with Crippen LogP contribution < -0.4 is 14.8 Å². The molecule has 0 unspecified atom stereocenters. The monoisotopic (exact) mass is 562 g/mol. The first-order valence-corrected chi connectivity index (χ1v) is 14.2. The minimum atomic E-state index is -0.756. The zero-order chi connectivity index (χ0) is 28.1. The number of carbonyl (C=O) groups excluding carboxylic acids is 2. The number of rotatable bonds is 9. The molecule has 0 bridgehead atoms. The molecule has 2 aliphatic rings. The lowest BCUT2D eigenvalue weighted by molar-refractivity contribution is -0.139. The van der Waals surface area contributed by atoms with E-state index in [4.69, 9.17) is 9.47 Å². The third-order valence-corrected chi connectivity index (χ3v) is 7.71. The van der Waals surface area contributed by atoms with Crippen molar-refractivity contribution in [2.75, 3.05) is 17.9 Å². The number of anilines is 1. The molecular formula is C30H31FN4O4S. The van der Waals surface area contributed by atoms with Gasteiger partial charge in [-0.2, -0.15) is 0 Å². The number of hydrogen-bond donors (Lipinski definition) is 1. The van der Waals surface area contributed by atoms with Gasteiger partial charge in [-0.05, 0) is 74.9 Å². The third-order valence-electron chi connectivity index (χ3n) is 6.87. The molecule has 208 valence electrons. The van der Waals surface area contributed by atoms with E-state index in [2.05, 4.69) is 27.4 Å². The molecule has 2 aromatic carbocycles. The van der Waals surface area contributed by atoms with Crippen LogP contribution in [0.5, 0.6) is 11.5 Å². The van der Waals surface area contributed by atoms with Crippen molar-refractivity contribution in [1.82, 2.24) is 14.9 Å². The van der Waals surface area contributed by atoms with Crippen LogP contribution in [0.15, 0.2) is 65.8 Å². The molecule has 1 aromatic heterocycles. The lowest BCUT2D eigenvalue weighted by Gasteiger charge is -2.37. The average molecular weight is 563 g/mol. The number of carbonyl (C=O) groups is 2. The molecule has 0 saturated carbocycles.